The standard InChI is InChI=1S/C21H21N3O3/c1-4-12-9-13-10-14(20-22-16-7-5-6-8-17(16)23-20)21(26)27-19(13)15(18(12)25)11-24(2)3/h5-10,25H,4,11H2,1-3H3,(H,22,23). The number of nitrogens with zero attached hydrogens (tertiary/aromatic N) is 2. The minimum Gasteiger partial charge on any atom is -0.507 e. The molecular weight excluding hydrogens is 342 g/mol. The minimum absolute atomic E-state index is 0.193. The van der Waals surface area contributed by atoms with Crippen molar-refractivity contribution in [1.82, 2.24) is 14.9 Å². The summed E-state index contributed by atoms with van der Waals surface area (Å²) in [6, 6.07) is 11.3. The van der Waals surface area contributed by atoms with Crippen molar-refractivity contribution in [3.05, 3.63) is 57.9 Å². The Morgan fingerprint density at radius 1 is 1.22 bits per heavy atom. The van der Waals surface area contributed by atoms with Gasteiger partial charge in [-0.05, 0) is 50.3 Å². The Bertz CT molecular complexity index is 1170. The number of hydrogen-bond acceptors (Lipinski definition) is 5. The molecule has 27 heavy (non-hydrogen) atoms. The Labute approximate surface area is 156 Å². The van der Waals surface area contributed by atoms with Gasteiger partial charge in [0.1, 0.15) is 22.7 Å². The maximum Gasteiger partial charge on any atom is 0.347 e. The summed E-state index contributed by atoms with van der Waals surface area (Å²) in [5.41, 5.74) is 3.42. The van der Waals surface area contributed by atoms with E-state index in [1.165, 1.54) is 0 Å². The van der Waals surface area contributed by atoms with Gasteiger partial charge < -0.3 is 19.4 Å². The molecule has 0 aliphatic heterocycles. The van der Waals surface area contributed by atoms with Gasteiger partial charge in [-0.1, -0.05) is 19.1 Å². The number of H-pyrrole nitrogens is 1. The van der Waals surface area contributed by atoms with Crippen molar-refractivity contribution in [2.45, 2.75) is 19.9 Å². The molecule has 0 atom stereocenters. The average Bonchev–Trinajstić information content (AvgIpc) is 3.07. The summed E-state index contributed by atoms with van der Waals surface area (Å²) in [7, 11) is 3.82. The molecule has 6 heteroatoms. The zero-order valence-corrected chi connectivity index (χ0v) is 15.5. The number of aryl methyl sites for hydroxylation is 1. The van der Waals surface area contributed by atoms with Crippen LogP contribution in [0.2, 0.25) is 0 Å². The summed E-state index contributed by atoms with van der Waals surface area (Å²) < 4.78 is 5.65. The fourth-order valence-electron chi connectivity index (χ4n) is 3.36. The summed E-state index contributed by atoms with van der Waals surface area (Å²) in [6.07, 6.45) is 0.682. The number of aromatic nitrogens is 2. The van der Waals surface area contributed by atoms with E-state index in [0.717, 1.165) is 22.0 Å². The van der Waals surface area contributed by atoms with Crippen molar-refractivity contribution in [3.8, 4) is 17.1 Å². The lowest BCUT2D eigenvalue weighted by molar-refractivity contribution is 0.382. The van der Waals surface area contributed by atoms with E-state index in [9.17, 15) is 9.90 Å². The molecule has 0 aliphatic carbocycles. The average molecular weight is 363 g/mol. The third-order valence-corrected chi connectivity index (χ3v) is 4.67. The van der Waals surface area contributed by atoms with Gasteiger partial charge in [0.2, 0.25) is 0 Å². The Balaban J connectivity index is 1.97. The molecule has 0 spiro atoms. The first kappa shape index (κ1) is 17.3. The first-order valence-corrected chi connectivity index (χ1v) is 8.89. The highest BCUT2D eigenvalue weighted by molar-refractivity contribution is 5.87. The number of hydrogen-bond donors (Lipinski definition) is 2. The molecule has 0 aliphatic rings. The van der Waals surface area contributed by atoms with Gasteiger partial charge in [-0.3, -0.25) is 0 Å². The van der Waals surface area contributed by atoms with Crippen LogP contribution >= 0.6 is 0 Å². The fourth-order valence-corrected chi connectivity index (χ4v) is 3.36. The number of aromatic amines is 1. The van der Waals surface area contributed by atoms with Gasteiger partial charge in [0, 0.05) is 11.9 Å². The number of fused-ring (bicyclic) bond motifs is 2. The molecule has 0 saturated heterocycles. The van der Waals surface area contributed by atoms with Crippen molar-refractivity contribution < 1.29 is 9.52 Å². The van der Waals surface area contributed by atoms with Crippen molar-refractivity contribution >= 4 is 22.0 Å². The highest BCUT2D eigenvalue weighted by Crippen LogP contribution is 2.33. The Morgan fingerprint density at radius 3 is 2.70 bits per heavy atom. The van der Waals surface area contributed by atoms with E-state index in [2.05, 4.69) is 9.97 Å². The largest absolute Gasteiger partial charge is 0.507 e. The molecule has 0 amide bonds. The number of rotatable bonds is 4. The Kier molecular flexibility index (Phi) is 4.20. The van der Waals surface area contributed by atoms with Crippen LogP contribution in [-0.4, -0.2) is 34.1 Å². The van der Waals surface area contributed by atoms with E-state index >= 15 is 0 Å². The highest BCUT2D eigenvalue weighted by Gasteiger charge is 2.18. The SMILES string of the molecule is CCc1cc2cc(-c3nc4ccccc4[nH]3)c(=O)oc2c(CN(C)C)c1O. The summed E-state index contributed by atoms with van der Waals surface area (Å²) in [5, 5.41) is 11.4. The van der Waals surface area contributed by atoms with Gasteiger partial charge >= 0.3 is 5.63 Å². The molecule has 6 nitrogen and oxygen atoms in total. The number of imidazole rings is 1. The van der Waals surface area contributed by atoms with E-state index in [0.29, 0.717) is 35.5 Å². The molecule has 0 unspecified atom stereocenters. The first-order chi connectivity index (χ1) is 13.0. The number of phenols is 1. The lowest BCUT2D eigenvalue weighted by atomic mass is 10.0. The fraction of sp³-hybridized carbons (Fsp3) is 0.238. The lowest BCUT2D eigenvalue weighted by Crippen LogP contribution is -2.13. The maximum atomic E-state index is 12.7. The molecule has 0 bridgehead atoms. The van der Waals surface area contributed by atoms with Crippen molar-refractivity contribution in [3.63, 3.8) is 0 Å². The number of para-hydroxylation sites is 2. The molecule has 2 N–H and O–H groups in total. The van der Waals surface area contributed by atoms with Crippen molar-refractivity contribution in [2.75, 3.05) is 14.1 Å². The third kappa shape index (κ3) is 2.98. The van der Waals surface area contributed by atoms with Crippen LogP contribution in [0.25, 0.3) is 33.4 Å². The Morgan fingerprint density at radius 2 is 2.00 bits per heavy atom. The van der Waals surface area contributed by atoms with Crippen LogP contribution in [0, 0.1) is 0 Å². The van der Waals surface area contributed by atoms with Gasteiger partial charge in [-0.2, -0.15) is 0 Å². The summed E-state index contributed by atoms with van der Waals surface area (Å²) in [5.74, 6) is 0.672. The molecule has 4 aromatic rings. The molecule has 0 radical (unpaired) electrons. The first-order valence-electron chi connectivity index (χ1n) is 8.89. The van der Waals surface area contributed by atoms with Gasteiger partial charge in [0.15, 0.2) is 0 Å². The van der Waals surface area contributed by atoms with Crippen LogP contribution < -0.4 is 5.63 Å². The van der Waals surface area contributed by atoms with E-state index in [1.54, 1.807) is 6.07 Å². The van der Waals surface area contributed by atoms with Crippen LogP contribution in [-0.2, 0) is 13.0 Å². The van der Waals surface area contributed by atoms with Crippen molar-refractivity contribution in [1.29, 1.82) is 0 Å². The highest BCUT2D eigenvalue weighted by atomic mass is 16.4. The Hall–Kier alpha value is -3.12. The normalized spacial score (nSPS) is 11.7. The third-order valence-electron chi connectivity index (χ3n) is 4.67. The number of nitrogens with one attached hydrogen (secondary N) is 1. The van der Waals surface area contributed by atoms with Gasteiger partial charge in [-0.15, -0.1) is 0 Å². The molecule has 0 fully saturated rings. The molecular formula is C21H21N3O3. The predicted octanol–water partition coefficient (Wildman–Crippen LogP) is 3.67. The molecule has 4 rings (SSSR count). The lowest BCUT2D eigenvalue weighted by Gasteiger charge is -2.15. The monoisotopic (exact) mass is 363 g/mol. The number of phenolic OH excluding ortho intramolecular Hbond substituents is 1. The number of aromatic hydroxyl groups is 1. The van der Waals surface area contributed by atoms with Crippen LogP contribution in [0.5, 0.6) is 5.75 Å². The molecule has 2 aromatic heterocycles. The second-order valence-electron chi connectivity index (χ2n) is 6.92. The van der Waals surface area contributed by atoms with E-state index < -0.39 is 5.63 Å². The zero-order chi connectivity index (χ0) is 19.1. The second kappa shape index (κ2) is 6.55. The molecule has 2 aromatic carbocycles. The topological polar surface area (TPSA) is 82.4 Å². The smallest absolute Gasteiger partial charge is 0.347 e. The maximum absolute atomic E-state index is 12.7. The molecule has 138 valence electrons. The summed E-state index contributed by atoms with van der Waals surface area (Å²) in [4.78, 5) is 22.3. The van der Waals surface area contributed by atoms with E-state index in [-0.39, 0.29) is 5.75 Å². The second-order valence-corrected chi connectivity index (χ2v) is 6.92. The predicted molar refractivity (Wildman–Crippen MR) is 106 cm³/mol. The molecule has 2 heterocycles. The van der Waals surface area contributed by atoms with Crippen LogP contribution in [0.4, 0.5) is 0 Å². The minimum atomic E-state index is -0.481. The van der Waals surface area contributed by atoms with Crippen LogP contribution in [0.3, 0.4) is 0 Å². The van der Waals surface area contributed by atoms with Gasteiger partial charge in [-0.25, -0.2) is 9.78 Å². The van der Waals surface area contributed by atoms with E-state index in [4.69, 9.17) is 4.42 Å². The van der Waals surface area contributed by atoms with Crippen molar-refractivity contribution in [2.24, 2.45) is 0 Å². The van der Waals surface area contributed by atoms with Gasteiger partial charge in [0.05, 0.1) is 16.6 Å². The van der Waals surface area contributed by atoms with E-state index in [1.807, 2.05) is 56.3 Å². The zero-order valence-electron chi connectivity index (χ0n) is 15.5. The van der Waals surface area contributed by atoms with Crippen LogP contribution in [0.15, 0.2) is 45.6 Å². The number of benzene rings is 2. The molecule has 0 saturated carbocycles. The van der Waals surface area contributed by atoms with Gasteiger partial charge in [0.25, 0.3) is 0 Å². The quantitative estimate of drug-likeness (QED) is 0.541. The summed E-state index contributed by atoms with van der Waals surface area (Å²) in [6.45, 7) is 2.46. The summed E-state index contributed by atoms with van der Waals surface area (Å²) >= 11 is 0. The van der Waals surface area contributed by atoms with Crippen LogP contribution in [0.1, 0.15) is 18.1 Å².